The first-order valence-electron chi connectivity index (χ1n) is 5.60. The molecule has 1 heterocycles. The van der Waals surface area contributed by atoms with E-state index in [0.29, 0.717) is 5.02 Å². The Balaban J connectivity index is 2.11. The number of halogens is 1. The highest BCUT2D eigenvalue weighted by Crippen LogP contribution is 2.21. The van der Waals surface area contributed by atoms with Crippen LogP contribution >= 0.6 is 11.6 Å². The number of nitrogens with one attached hydrogen (secondary N) is 2. The van der Waals surface area contributed by atoms with Gasteiger partial charge in [-0.15, -0.1) is 0 Å². The van der Waals surface area contributed by atoms with Crippen molar-refractivity contribution in [1.29, 1.82) is 0 Å². The molecule has 100 valence electrons. The Bertz CT molecular complexity index is 559. The molecule has 7 heteroatoms. The van der Waals surface area contributed by atoms with Crippen LogP contribution in [0.4, 0.5) is 0 Å². The summed E-state index contributed by atoms with van der Waals surface area (Å²) in [4.78, 5) is 34.4. The van der Waals surface area contributed by atoms with E-state index in [2.05, 4.69) is 10.6 Å². The van der Waals surface area contributed by atoms with Crippen LogP contribution in [0.3, 0.4) is 0 Å². The predicted octanol–water partition coefficient (Wildman–Crippen LogP) is 0.581. The maximum atomic E-state index is 11.9. The van der Waals surface area contributed by atoms with Crippen molar-refractivity contribution in [3.63, 3.8) is 0 Å². The molecule has 0 radical (unpaired) electrons. The van der Waals surface area contributed by atoms with Crippen molar-refractivity contribution >= 4 is 29.3 Å². The smallest absolute Gasteiger partial charge is 0.255 e. The molecule has 19 heavy (non-hydrogen) atoms. The minimum absolute atomic E-state index is 0.0165. The summed E-state index contributed by atoms with van der Waals surface area (Å²) in [6.45, 7) is 0. The van der Waals surface area contributed by atoms with Gasteiger partial charge in [0.25, 0.3) is 5.91 Å². The Morgan fingerprint density at radius 1 is 1.42 bits per heavy atom. The van der Waals surface area contributed by atoms with Gasteiger partial charge in [0.05, 0.1) is 5.56 Å². The second-order valence-electron chi connectivity index (χ2n) is 4.14. The van der Waals surface area contributed by atoms with Crippen LogP contribution in [0.1, 0.15) is 23.2 Å². The summed E-state index contributed by atoms with van der Waals surface area (Å²) in [5.74, 6) is -1.75. The maximum absolute atomic E-state index is 11.9. The molecule has 2 rings (SSSR count). The van der Waals surface area contributed by atoms with E-state index < -0.39 is 17.9 Å². The van der Waals surface area contributed by atoms with E-state index >= 15 is 0 Å². The Morgan fingerprint density at radius 3 is 2.84 bits per heavy atom. The Kier molecular flexibility index (Phi) is 3.71. The summed E-state index contributed by atoms with van der Waals surface area (Å²) in [5.41, 5.74) is -0.0165. The minimum atomic E-state index is -0.788. The fourth-order valence-electron chi connectivity index (χ4n) is 1.76. The zero-order chi connectivity index (χ0) is 14.0. The molecule has 0 spiro atoms. The van der Waals surface area contributed by atoms with Crippen molar-refractivity contribution in [2.24, 2.45) is 0 Å². The molecule has 1 atom stereocenters. The van der Waals surface area contributed by atoms with E-state index in [9.17, 15) is 19.5 Å². The number of carbonyl (C=O) groups excluding carboxylic acids is 3. The van der Waals surface area contributed by atoms with Gasteiger partial charge >= 0.3 is 0 Å². The first-order chi connectivity index (χ1) is 8.97. The highest BCUT2D eigenvalue weighted by molar-refractivity contribution is 6.31. The molecule has 1 aromatic rings. The van der Waals surface area contributed by atoms with Crippen molar-refractivity contribution in [3.05, 3.63) is 28.8 Å². The van der Waals surface area contributed by atoms with Gasteiger partial charge in [0, 0.05) is 11.4 Å². The van der Waals surface area contributed by atoms with Gasteiger partial charge in [0.2, 0.25) is 11.8 Å². The van der Waals surface area contributed by atoms with E-state index in [4.69, 9.17) is 11.6 Å². The molecule has 1 fully saturated rings. The molecule has 6 nitrogen and oxygen atoms in total. The zero-order valence-electron chi connectivity index (χ0n) is 9.77. The van der Waals surface area contributed by atoms with Gasteiger partial charge in [-0.2, -0.15) is 0 Å². The van der Waals surface area contributed by atoms with Crippen LogP contribution in [-0.4, -0.2) is 28.9 Å². The number of carbonyl (C=O) groups is 3. The molecule has 0 saturated carbocycles. The molecule has 1 unspecified atom stereocenters. The highest BCUT2D eigenvalue weighted by Gasteiger charge is 2.28. The van der Waals surface area contributed by atoms with E-state index in [-0.39, 0.29) is 30.1 Å². The van der Waals surface area contributed by atoms with Crippen molar-refractivity contribution in [2.75, 3.05) is 0 Å². The summed E-state index contributed by atoms with van der Waals surface area (Å²) in [6, 6.07) is 3.25. The number of hydrogen-bond acceptors (Lipinski definition) is 4. The Morgan fingerprint density at radius 2 is 2.16 bits per heavy atom. The van der Waals surface area contributed by atoms with Crippen LogP contribution in [0.2, 0.25) is 5.02 Å². The summed E-state index contributed by atoms with van der Waals surface area (Å²) >= 11 is 5.74. The van der Waals surface area contributed by atoms with E-state index in [1.165, 1.54) is 18.2 Å². The van der Waals surface area contributed by atoms with Crippen LogP contribution in [-0.2, 0) is 9.59 Å². The first kappa shape index (κ1) is 13.4. The van der Waals surface area contributed by atoms with E-state index in [0.717, 1.165) is 0 Å². The Hall–Kier alpha value is -2.08. The van der Waals surface area contributed by atoms with E-state index in [1.807, 2.05) is 0 Å². The van der Waals surface area contributed by atoms with Crippen LogP contribution in [0.25, 0.3) is 0 Å². The van der Waals surface area contributed by atoms with Crippen LogP contribution in [0.5, 0.6) is 5.75 Å². The van der Waals surface area contributed by atoms with Crippen LogP contribution in [0.15, 0.2) is 18.2 Å². The second kappa shape index (κ2) is 5.27. The van der Waals surface area contributed by atoms with Gasteiger partial charge in [-0.1, -0.05) is 11.6 Å². The van der Waals surface area contributed by atoms with Gasteiger partial charge in [-0.05, 0) is 24.6 Å². The molecule has 0 bridgehead atoms. The van der Waals surface area contributed by atoms with Gasteiger partial charge in [0.15, 0.2) is 0 Å². The van der Waals surface area contributed by atoms with Gasteiger partial charge in [-0.25, -0.2) is 0 Å². The summed E-state index contributed by atoms with van der Waals surface area (Å²) in [5, 5.41) is 14.4. The molecular formula is C12H11ClN2O4. The molecule has 3 amide bonds. The fraction of sp³-hybridized carbons (Fsp3) is 0.250. The SMILES string of the molecule is O=C1CCC(NC(=O)c2cc(Cl)ccc2O)C(=O)N1. The number of imide groups is 1. The number of aromatic hydroxyl groups is 1. The number of phenolic OH excluding ortho intramolecular Hbond substituents is 1. The topological polar surface area (TPSA) is 95.5 Å². The Labute approximate surface area is 113 Å². The van der Waals surface area contributed by atoms with Crippen LogP contribution < -0.4 is 10.6 Å². The summed E-state index contributed by atoms with van der Waals surface area (Å²) < 4.78 is 0. The highest BCUT2D eigenvalue weighted by atomic mass is 35.5. The summed E-state index contributed by atoms with van der Waals surface area (Å²) in [6.07, 6.45) is 0.399. The van der Waals surface area contributed by atoms with E-state index in [1.54, 1.807) is 0 Å². The number of hydrogen-bond donors (Lipinski definition) is 3. The van der Waals surface area contributed by atoms with Crippen molar-refractivity contribution in [1.82, 2.24) is 10.6 Å². The quantitative estimate of drug-likeness (QED) is 0.692. The third-order valence-corrected chi connectivity index (χ3v) is 2.98. The molecule has 0 aromatic heterocycles. The maximum Gasteiger partial charge on any atom is 0.255 e. The third kappa shape index (κ3) is 3.03. The number of rotatable bonds is 2. The number of benzene rings is 1. The third-order valence-electron chi connectivity index (χ3n) is 2.75. The van der Waals surface area contributed by atoms with Crippen molar-refractivity contribution in [2.45, 2.75) is 18.9 Å². The number of phenols is 1. The van der Waals surface area contributed by atoms with Crippen molar-refractivity contribution < 1.29 is 19.5 Å². The fourth-order valence-corrected chi connectivity index (χ4v) is 1.93. The average Bonchev–Trinajstić information content (AvgIpc) is 2.35. The van der Waals surface area contributed by atoms with Crippen LogP contribution in [0, 0.1) is 0 Å². The molecule has 1 aromatic carbocycles. The monoisotopic (exact) mass is 282 g/mol. The molecule has 0 aliphatic carbocycles. The second-order valence-corrected chi connectivity index (χ2v) is 4.58. The largest absolute Gasteiger partial charge is 0.507 e. The van der Waals surface area contributed by atoms with Gasteiger partial charge < -0.3 is 10.4 Å². The zero-order valence-corrected chi connectivity index (χ0v) is 10.5. The minimum Gasteiger partial charge on any atom is -0.507 e. The van der Waals surface area contributed by atoms with Gasteiger partial charge in [-0.3, -0.25) is 19.7 Å². The lowest BCUT2D eigenvalue weighted by Gasteiger charge is -2.21. The first-order valence-corrected chi connectivity index (χ1v) is 5.98. The lowest BCUT2D eigenvalue weighted by Crippen LogP contribution is -2.52. The lowest BCUT2D eigenvalue weighted by molar-refractivity contribution is -0.134. The molecule has 1 saturated heterocycles. The predicted molar refractivity (Wildman–Crippen MR) is 66.8 cm³/mol. The summed E-state index contributed by atoms with van der Waals surface area (Å²) in [7, 11) is 0. The lowest BCUT2D eigenvalue weighted by atomic mass is 10.1. The normalized spacial score (nSPS) is 18.9. The average molecular weight is 283 g/mol. The molecule has 1 aliphatic rings. The standard InChI is InChI=1S/C12H11ClN2O4/c13-6-1-3-9(16)7(5-6)11(18)14-8-2-4-10(17)15-12(8)19/h1,3,5,8,16H,2,4H2,(H,14,18)(H,15,17,19). The van der Waals surface area contributed by atoms with Crippen molar-refractivity contribution in [3.8, 4) is 5.75 Å². The molecule has 1 aliphatic heterocycles. The molecular weight excluding hydrogens is 272 g/mol. The molecule has 3 N–H and O–H groups in total. The number of piperidine rings is 1. The number of amides is 3. The van der Waals surface area contributed by atoms with Gasteiger partial charge in [0.1, 0.15) is 11.8 Å².